The zero-order valence-electron chi connectivity index (χ0n) is 19.3. The number of benzene rings is 3. The van der Waals surface area contributed by atoms with E-state index >= 15 is 0 Å². The van der Waals surface area contributed by atoms with E-state index < -0.39 is 0 Å². The Balaban J connectivity index is 1.28. The molecule has 0 saturated heterocycles. The van der Waals surface area contributed by atoms with Gasteiger partial charge < -0.3 is 14.5 Å². The van der Waals surface area contributed by atoms with E-state index in [0.29, 0.717) is 24.5 Å². The fourth-order valence-electron chi connectivity index (χ4n) is 4.30. The molecule has 1 N–H and O–H groups in total. The van der Waals surface area contributed by atoms with Crippen molar-refractivity contribution >= 4 is 5.91 Å². The highest BCUT2D eigenvalue weighted by Crippen LogP contribution is 2.30. The number of hydrogen-bond acceptors (Lipinski definition) is 4. The van der Waals surface area contributed by atoms with E-state index in [1.807, 2.05) is 66.7 Å². The molecule has 4 aromatic rings. The number of fused-ring (bicyclic) bond motifs is 1. The summed E-state index contributed by atoms with van der Waals surface area (Å²) in [5.41, 5.74) is 5.48. The highest BCUT2D eigenvalue weighted by atomic mass is 16.5. The summed E-state index contributed by atoms with van der Waals surface area (Å²) in [5.74, 6) is 2.18. The second-order valence-electron chi connectivity index (χ2n) is 8.71. The van der Waals surface area contributed by atoms with Crippen LogP contribution in [0.5, 0.6) is 5.75 Å². The molecule has 2 heterocycles. The number of carbonyl (C=O) groups excluding carboxylic acids is 1. The average Bonchev–Trinajstić information content (AvgIpc) is 3.36. The fraction of sp³-hybridized carbons (Fsp3) is 0.241. The number of oxazole rings is 1. The SMILES string of the molecule is Cc1ccc(-c2cnc(CCC(=O)NC(c3ccccc3)c3ccc4c(c3)CCCO4)o2)cc1. The predicted octanol–water partition coefficient (Wildman–Crippen LogP) is 5.81. The Morgan fingerprint density at radius 3 is 2.68 bits per heavy atom. The molecule has 34 heavy (non-hydrogen) atoms. The summed E-state index contributed by atoms with van der Waals surface area (Å²) in [4.78, 5) is 17.3. The lowest BCUT2D eigenvalue weighted by atomic mass is 9.94. The van der Waals surface area contributed by atoms with Crippen LogP contribution in [-0.2, 0) is 17.6 Å². The van der Waals surface area contributed by atoms with Gasteiger partial charge in [-0.25, -0.2) is 4.98 Å². The van der Waals surface area contributed by atoms with Gasteiger partial charge in [-0.05, 0) is 48.6 Å². The molecule has 0 bridgehead atoms. The van der Waals surface area contributed by atoms with Crippen molar-refractivity contribution in [1.29, 1.82) is 0 Å². The lowest BCUT2D eigenvalue weighted by Gasteiger charge is -2.23. The second kappa shape index (κ2) is 9.96. The monoisotopic (exact) mass is 452 g/mol. The van der Waals surface area contributed by atoms with Gasteiger partial charge in [0.25, 0.3) is 0 Å². The molecule has 0 aliphatic carbocycles. The molecule has 1 amide bonds. The number of aryl methyl sites for hydroxylation is 3. The Bertz CT molecular complexity index is 1260. The van der Waals surface area contributed by atoms with E-state index in [1.54, 1.807) is 6.20 Å². The summed E-state index contributed by atoms with van der Waals surface area (Å²) in [5, 5.41) is 3.22. The molecule has 1 unspecified atom stereocenters. The molecule has 5 nitrogen and oxygen atoms in total. The van der Waals surface area contributed by atoms with E-state index in [9.17, 15) is 4.79 Å². The first-order chi connectivity index (χ1) is 16.7. The van der Waals surface area contributed by atoms with Crippen LogP contribution < -0.4 is 10.1 Å². The van der Waals surface area contributed by atoms with Crippen LogP contribution in [0.3, 0.4) is 0 Å². The summed E-state index contributed by atoms with van der Waals surface area (Å²) in [6.07, 6.45) is 4.47. The fourth-order valence-corrected chi connectivity index (χ4v) is 4.30. The molecular weight excluding hydrogens is 424 g/mol. The number of nitrogens with one attached hydrogen (secondary N) is 1. The molecule has 172 valence electrons. The van der Waals surface area contributed by atoms with Crippen LogP contribution in [0.25, 0.3) is 11.3 Å². The van der Waals surface area contributed by atoms with Gasteiger partial charge in [0.15, 0.2) is 11.7 Å². The zero-order valence-corrected chi connectivity index (χ0v) is 19.3. The maximum absolute atomic E-state index is 13.0. The minimum Gasteiger partial charge on any atom is -0.493 e. The lowest BCUT2D eigenvalue weighted by Crippen LogP contribution is -2.29. The number of aromatic nitrogens is 1. The van der Waals surface area contributed by atoms with E-state index in [0.717, 1.165) is 41.9 Å². The first kappa shape index (κ1) is 22.0. The van der Waals surface area contributed by atoms with Crippen molar-refractivity contribution in [2.24, 2.45) is 0 Å². The smallest absolute Gasteiger partial charge is 0.221 e. The van der Waals surface area contributed by atoms with Gasteiger partial charge in [-0.1, -0.05) is 66.2 Å². The molecule has 0 radical (unpaired) electrons. The van der Waals surface area contributed by atoms with Gasteiger partial charge in [0.1, 0.15) is 5.75 Å². The normalized spacial score (nSPS) is 13.6. The van der Waals surface area contributed by atoms with Crippen molar-refractivity contribution in [1.82, 2.24) is 10.3 Å². The number of amides is 1. The number of carbonyl (C=O) groups is 1. The minimum absolute atomic E-state index is 0.0436. The molecule has 0 saturated carbocycles. The van der Waals surface area contributed by atoms with Gasteiger partial charge >= 0.3 is 0 Å². The van der Waals surface area contributed by atoms with Crippen LogP contribution in [0, 0.1) is 6.92 Å². The van der Waals surface area contributed by atoms with Crippen molar-refractivity contribution in [2.45, 2.75) is 38.6 Å². The highest BCUT2D eigenvalue weighted by molar-refractivity contribution is 5.77. The molecule has 5 heteroatoms. The van der Waals surface area contributed by atoms with Crippen molar-refractivity contribution < 1.29 is 13.9 Å². The van der Waals surface area contributed by atoms with Crippen LogP contribution in [0.1, 0.15) is 47.0 Å². The van der Waals surface area contributed by atoms with Crippen LogP contribution >= 0.6 is 0 Å². The Hall–Kier alpha value is -3.86. The van der Waals surface area contributed by atoms with Gasteiger partial charge in [-0.2, -0.15) is 0 Å². The third kappa shape index (κ3) is 5.04. The Kier molecular flexibility index (Phi) is 6.43. The van der Waals surface area contributed by atoms with Gasteiger partial charge in [0.05, 0.1) is 18.8 Å². The zero-order chi connectivity index (χ0) is 23.3. The molecule has 0 fully saturated rings. The first-order valence-electron chi connectivity index (χ1n) is 11.8. The standard InChI is InChI=1S/C29H28N2O3/c1-20-9-11-21(12-10-20)26-19-30-28(34-26)16-15-27(32)31-29(22-6-3-2-4-7-22)24-13-14-25-23(18-24)8-5-17-33-25/h2-4,6-7,9-14,18-19,29H,5,8,15-17H2,1H3,(H,31,32). The first-order valence-corrected chi connectivity index (χ1v) is 11.8. The molecule has 1 aliphatic heterocycles. The molecule has 1 aliphatic rings. The molecule has 3 aromatic carbocycles. The predicted molar refractivity (Wildman–Crippen MR) is 132 cm³/mol. The number of nitrogens with zero attached hydrogens (tertiary/aromatic N) is 1. The Morgan fingerprint density at radius 1 is 1.03 bits per heavy atom. The lowest BCUT2D eigenvalue weighted by molar-refractivity contribution is -0.121. The van der Waals surface area contributed by atoms with Crippen molar-refractivity contribution in [3.63, 3.8) is 0 Å². The summed E-state index contributed by atoms with van der Waals surface area (Å²) in [6, 6.07) is 24.2. The largest absolute Gasteiger partial charge is 0.493 e. The van der Waals surface area contributed by atoms with Crippen LogP contribution in [-0.4, -0.2) is 17.5 Å². The number of hydrogen-bond donors (Lipinski definition) is 1. The Labute approximate surface area is 199 Å². The maximum atomic E-state index is 13.0. The summed E-state index contributed by atoms with van der Waals surface area (Å²) < 4.78 is 11.7. The summed E-state index contributed by atoms with van der Waals surface area (Å²) in [6.45, 7) is 2.81. The van der Waals surface area contributed by atoms with Gasteiger partial charge in [0, 0.05) is 18.4 Å². The van der Waals surface area contributed by atoms with E-state index in [4.69, 9.17) is 9.15 Å². The number of ether oxygens (including phenoxy) is 1. The molecule has 1 atom stereocenters. The molecule has 5 rings (SSSR count). The summed E-state index contributed by atoms with van der Waals surface area (Å²) in [7, 11) is 0. The number of rotatable bonds is 7. The van der Waals surface area contributed by atoms with Crippen molar-refractivity contribution in [2.75, 3.05) is 6.61 Å². The maximum Gasteiger partial charge on any atom is 0.221 e. The quantitative estimate of drug-likeness (QED) is 0.384. The Morgan fingerprint density at radius 2 is 1.85 bits per heavy atom. The van der Waals surface area contributed by atoms with Crippen molar-refractivity contribution in [3.05, 3.63) is 107 Å². The summed E-state index contributed by atoms with van der Waals surface area (Å²) >= 11 is 0. The van der Waals surface area contributed by atoms with E-state index in [1.165, 1.54) is 11.1 Å². The second-order valence-corrected chi connectivity index (χ2v) is 8.71. The molecule has 0 spiro atoms. The van der Waals surface area contributed by atoms with Crippen LogP contribution in [0.2, 0.25) is 0 Å². The minimum atomic E-state index is -0.228. The highest BCUT2D eigenvalue weighted by Gasteiger charge is 2.20. The van der Waals surface area contributed by atoms with Gasteiger partial charge in [0.2, 0.25) is 5.91 Å². The van der Waals surface area contributed by atoms with E-state index in [-0.39, 0.29) is 11.9 Å². The van der Waals surface area contributed by atoms with Gasteiger partial charge in [-0.15, -0.1) is 0 Å². The molecular formula is C29H28N2O3. The third-order valence-electron chi connectivity index (χ3n) is 6.16. The topological polar surface area (TPSA) is 64.4 Å². The van der Waals surface area contributed by atoms with E-state index in [2.05, 4.69) is 23.3 Å². The van der Waals surface area contributed by atoms with Crippen molar-refractivity contribution in [3.8, 4) is 17.1 Å². The van der Waals surface area contributed by atoms with Crippen LogP contribution in [0.15, 0.2) is 83.4 Å². The van der Waals surface area contributed by atoms with Crippen LogP contribution in [0.4, 0.5) is 0 Å². The third-order valence-corrected chi connectivity index (χ3v) is 6.16. The molecule has 1 aromatic heterocycles. The van der Waals surface area contributed by atoms with Gasteiger partial charge in [-0.3, -0.25) is 4.79 Å². The average molecular weight is 453 g/mol.